The third kappa shape index (κ3) is 3.43. The number of nitrogens with two attached hydrogens (primary N) is 1. The van der Waals surface area contributed by atoms with Gasteiger partial charge in [-0.3, -0.25) is 0 Å². The minimum absolute atomic E-state index is 0.0912. The van der Waals surface area contributed by atoms with E-state index in [0.717, 1.165) is 17.1 Å². The Labute approximate surface area is 144 Å². The van der Waals surface area contributed by atoms with E-state index in [1.165, 1.54) is 16.7 Å². The number of hydrogen-bond donors (Lipinski definition) is 2. The first-order chi connectivity index (χ1) is 11.4. The Morgan fingerprint density at radius 1 is 0.750 bits per heavy atom. The molecule has 0 heterocycles. The van der Waals surface area contributed by atoms with Gasteiger partial charge in [0.25, 0.3) is 0 Å². The summed E-state index contributed by atoms with van der Waals surface area (Å²) in [6.45, 7) is 6.68. The summed E-state index contributed by atoms with van der Waals surface area (Å²) in [4.78, 5) is 0. The molecule has 0 radical (unpaired) electrons. The molecule has 3 aromatic carbocycles. The lowest BCUT2D eigenvalue weighted by atomic mass is 9.85. The molecule has 0 aliphatic rings. The summed E-state index contributed by atoms with van der Waals surface area (Å²) in [5, 5.41) is 3.53. The van der Waals surface area contributed by atoms with E-state index in [0.29, 0.717) is 0 Å². The van der Waals surface area contributed by atoms with Crippen molar-refractivity contribution in [3.8, 4) is 11.1 Å². The smallest absolute Gasteiger partial charge is 0.0618 e. The molecule has 0 atom stereocenters. The number of benzene rings is 3. The van der Waals surface area contributed by atoms with Crippen molar-refractivity contribution in [1.29, 1.82) is 0 Å². The normalized spacial score (nSPS) is 11.3. The largest absolute Gasteiger partial charge is 0.397 e. The van der Waals surface area contributed by atoms with E-state index >= 15 is 0 Å². The van der Waals surface area contributed by atoms with Gasteiger partial charge in [-0.15, -0.1) is 0 Å². The van der Waals surface area contributed by atoms with E-state index in [4.69, 9.17) is 5.73 Å². The summed E-state index contributed by atoms with van der Waals surface area (Å²) in [5.74, 6) is 0. The zero-order chi connectivity index (χ0) is 17.2. The maximum absolute atomic E-state index is 6.12. The van der Waals surface area contributed by atoms with Crippen LogP contribution in [0, 0.1) is 0 Å². The summed E-state index contributed by atoms with van der Waals surface area (Å²) < 4.78 is 0. The van der Waals surface area contributed by atoms with Gasteiger partial charge in [0.2, 0.25) is 0 Å². The van der Waals surface area contributed by atoms with E-state index in [-0.39, 0.29) is 5.41 Å². The number of rotatable bonds is 3. The second kappa shape index (κ2) is 6.40. The molecule has 0 saturated heterocycles. The molecule has 2 nitrogen and oxygen atoms in total. The minimum atomic E-state index is 0.0912. The van der Waals surface area contributed by atoms with Gasteiger partial charge >= 0.3 is 0 Å². The van der Waals surface area contributed by atoms with Crippen LogP contribution in [0.25, 0.3) is 11.1 Å². The lowest BCUT2D eigenvalue weighted by Gasteiger charge is -2.22. The molecule has 0 aliphatic heterocycles. The van der Waals surface area contributed by atoms with E-state index in [2.05, 4.69) is 68.6 Å². The predicted octanol–water partition coefficient (Wildman–Crippen LogP) is 5.98. The van der Waals surface area contributed by atoms with E-state index in [1.54, 1.807) is 0 Å². The van der Waals surface area contributed by atoms with Crippen molar-refractivity contribution in [2.45, 2.75) is 26.2 Å². The number of nitrogens with one attached hydrogen (secondary N) is 1. The highest BCUT2D eigenvalue weighted by atomic mass is 14.9. The van der Waals surface area contributed by atoms with Crippen molar-refractivity contribution in [3.63, 3.8) is 0 Å². The molecule has 3 N–H and O–H groups in total. The van der Waals surface area contributed by atoms with Crippen molar-refractivity contribution >= 4 is 17.1 Å². The van der Waals surface area contributed by atoms with Crippen LogP contribution in [0.2, 0.25) is 0 Å². The average molecular weight is 316 g/mol. The molecular formula is C22H24N2. The van der Waals surface area contributed by atoms with Crippen molar-refractivity contribution in [3.05, 3.63) is 78.4 Å². The first-order valence-corrected chi connectivity index (χ1v) is 8.26. The summed E-state index contributed by atoms with van der Waals surface area (Å²) in [6.07, 6.45) is 0. The summed E-state index contributed by atoms with van der Waals surface area (Å²) >= 11 is 0. The fraction of sp³-hybridized carbons (Fsp3) is 0.182. The van der Waals surface area contributed by atoms with Crippen LogP contribution in [-0.2, 0) is 5.41 Å². The second-order valence-corrected chi connectivity index (χ2v) is 7.09. The standard InChI is InChI=1S/C22H24N2/c1-22(2,3)17-13-14-18(16-9-5-4-6-10-16)21(15-17)24-20-12-8-7-11-19(20)23/h4-15,24H,23H2,1-3H3. The Hall–Kier alpha value is -2.74. The monoisotopic (exact) mass is 316 g/mol. The molecule has 2 heteroatoms. The third-order valence-electron chi connectivity index (χ3n) is 4.20. The Morgan fingerprint density at radius 2 is 1.42 bits per heavy atom. The van der Waals surface area contributed by atoms with Crippen LogP contribution in [0.1, 0.15) is 26.3 Å². The molecule has 0 spiro atoms. The van der Waals surface area contributed by atoms with Crippen molar-refractivity contribution in [1.82, 2.24) is 0 Å². The number of hydrogen-bond acceptors (Lipinski definition) is 2. The van der Waals surface area contributed by atoms with E-state index in [9.17, 15) is 0 Å². The lowest BCUT2D eigenvalue weighted by molar-refractivity contribution is 0.590. The highest BCUT2D eigenvalue weighted by Crippen LogP contribution is 2.35. The van der Waals surface area contributed by atoms with Gasteiger partial charge < -0.3 is 11.1 Å². The van der Waals surface area contributed by atoms with Crippen LogP contribution in [-0.4, -0.2) is 0 Å². The molecule has 122 valence electrons. The van der Waals surface area contributed by atoms with Crippen molar-refractivity contribution in [2.75, 3.05) is 11.1 Å². The number of para-hydroxylation sites is 2. The second-order valence-electron chi connectivity index (χ2n) is 7.09. The van der Waals surface area contributed by atoms with Gasteiger partial charge in [-0.2, -0.15) is 0 Å². The van der Waals surface area contributed by atoms with Gasteiger partial charge in [-0.1, -0.05) is 75.4 Å². The molecule has 0 saturated carbocycles. The fourth-order valence-corrected chi connectivity index (χ4v) is 2.74. The Kier molecular flexibility index (Phi) is 4.30. The lowest BCUT2D eigenvalue weighted by Crippen LogP contribution is -2.11. The molecule has 0 aliphatic carbocycles. The molecule has 0 unspecified atom stereocenters. The summed E-state index contributed by atoms with van der Waals surface area (Å²) in [5.41, 5.74) is 12.6. The summed E-state index contributed by atoms with van der Waals surface area (Å²) in [7, 11) is 0. The third-order valence-corrected chi connectivity index (χ3v) is 4.20. The molecule has 0 bridgehead atoms. The quantitative estimate of drug-likeness (QED) is 0.584. The van der Waals surface area contributed by atoms with Crippen LogP contribution < -0.4 is 11.1 Å². The van der Waals surface area contributed by atoms with Crippen LogP contribution in [0.5, 0.6) is 0 Å². The van der Waals surface area contributed by atoms with Crippen LogP contribution >= 0.6 is 0 Å². The first-order valence-electron chi connectivity index (χ1n) is 8.26. The van der Waals surface area contributed by atoms with Crippen LogP contribution in [0.3, 0.4) is 0 Å². The topological polar surface area (TPSA) is 38.0 Å². The predicted molar refractivity (Wildman–Crippen MR) is 105 cm³/mol. The van der Waals surface area contributed by atoms with Gasteiger partial charge in [-0.05, 0) is 34.7 Å². The van der Waals surface area contributed by atoms with Crippen molar-refractivity contribution < 1.29 is 0 Å². The van der Waals surface area contributed by atoms with E-state index in [1.807, 2.05) is 30.3 Å². The van der Waals surface area contributed by atoms with Gasteiger partial charge in [0, 0.05) is 11.3 Å². The van der Waals surface area contributed by atoms with Gasteiger partial charge in [0.05, 0.1) is 11.4 Å². The SMILES string of the molecule is CC(C)(C)c1ccc(-c2ccccc2)c(Nc2ccccc2N)c1. The zero-order valence-electron chi connectivity index (χ0n) is 14.5. The number of anilines is 3. The van der Waals surface area contributed by atoms with Gasteiger partial charge in [0.15, 0.2) is 0 Å². The molecule has 24 heavy (non-hydrogen) atoms. The maximum Gasteiger partial charge on any atom is 0.0618 e. The minimum Gasteiger partial charge on any atom is -0.397 e. The van der Waals surface area contributed by atoms with Crippen molar-refractivity contribution in [2.24, 2.45) is 0 Å². The highest BCUT2D eigenvalue weighted by molar-refractivity contribution is 5.84. The Bertz CT molecular complexity index is 830. The molecular weight excluding hydrogens is 292 g/mol. The highest BCUT2D eigenvalue weighted by Gasteiger charge is 2.16. The molecule has 0 amide bonds. The van der Waals surface area contributed by atoms with Crippen LogP contribution in [0.15, 0.2) is 72.8 Å². The van der Waals surface area contributed by atoms with E-state index < -0.39 is 0 Å². The maximum atomic E-state index is 6.12. The molecule has 0 aromatic heterocycles. The molecule has 0 fully saturated rings. The van der Waals surface area contributed by atoms with Gasteiger partial charge in [0.1, 0.15) is 0 Å². The molecule has 3 aromatic rings. The Balaban J connectivity index is 2.11. The van der Waals surface area contributed by atoms with Crippen LogP contribution in [0.4, 0.5) is 17.1 Å². The summed E-state index contributed by atoms with van der Waals surface area (Å²) in [6, 6.07) is 24.9. The fourth-order valence-electron chi connectivity index (χ4n) is 2.74. The first kappa shape index (κ1) is 16.1. The Morgan fingerprint density at radius 3 is 2.08 bits per heavy atom. The van der Waals surface area contributed by atoms with Gasteiger partial charge in [-0.25, -0.2) is 0 Å². The molecule has 3 rings (SSSR count). The number of nitrogen functional groups attached to an aromatic ring is 1. The average Bonchev–Trinajstić information content (AvgIpc) is 2.57. The zero-order valence-corrected chi connectivity index (χ0v) is 14.5.